The number of aliphatic hydroxyl groups excluding tert-OH is 1. The molecule has 0 saturated heterocycles. The largest absolute Gasteiger partial charge is 0.497 e. The monoisotopic (exact) mass is 264 g/mol. The van der Waals surface area contributed by atoms with Crippen molar-refractivity contribution in [3.63, 3.8) is 0 Å². The molecule has 4 N–H and O–H groups in total. The number of rotatable bonds is 6. The van der Waals surface area contributed by atoms with Crippen LogP contribution in [0.4, 0.5) is 5.69 Å². The smallest absolute Gasteiger partial charge is 0.251 e. The van der Waals surface area contributed by atoms with Crippen molar-refractivity contribution in [2.45, 2.75) is 19.3 Å². The van der Waals surface area contributed by atoms with Gasteiger partial charge in [-0.25, -0.2) is 0 Å². The van der Waals surface area contributed by atoms with Crippen LogP contribution in [0, 0.1) is 5.41 Å². The maximum atomic E-state index is 12.1. The van der Waals surface area contributed by atoms with Crippen molar-refractivity contribution < 1.29 is 14.6 Å². The zero-order chi connectivity index (χ0) is 13.9. The Bertz CT molecular complexity index is 470. The Balaban J connectivity index is 1.98. The van der Waals surface area contributed by atoms with E-state index in [4.69, 9.17) is 15.6 Å². The van der Waals surface area contributed by atoms with Crippen LogP contribution in [0.15, 0.2) is 18.2 Å². The van der Waals surface area contributed by atoms with Gasteiger partial charge in [-0.1, -0.05) is 0 Å². The van der Waals surface area contributed by atoms with Gasteiger partial charge in [-0.2, -0.15) is 0 Å². The van der Waals surface area contributed by atoms with Gasteiger partial charge in [-0.3, -0.25) is 4.79 Å². The summed E-state index contributed by atoms with van der Waals surface area (Å²) in [5.41, 5.74) is 6.83. The molecular weight excluding hydrogens is 244 g/mol. The van der Waals surface area contributed by atoms with Crippen LogP contribution in [-0.2, 0) is 0 Å². The molecule has 1 fully saturated rings. The molecule has 0 aromatic heterocycles. The molecule has 0 aliphatic heterocycles. The third-order valence-corrected chi connectivity index (χ3v) is 3.65. The highest BCUT2D eigenvalue weighted by Gasteiger charge is 2.41. The molecule has 0 bridgehead atoms. The second-order valence-corrected chi connectivity index (χ2v) is 5.15. The van der Waals surface area contributed by atoms with Crippen molar-refractivity contribution in [2.24, 2.45) is 5.41 Å². The van der Waals surface area contributed by atoms with E-state index < -0.39 is 0 Å². The Hall–Kier alpha value is -1.75. The Labute approximate surface area is 112 Å². The lowest BCUT2D eigenvalue weighted by molar-refractivity contribution is 0.0940. The molecule has 1 saturated carbocycles. The van der Waals surface area contributed by atoms with Gasteiger partial charge in [0.1, 0.15) is 5.75 Å². The normalized spacial score (nSPS) is 15.9. The first kappa shape index (κ1) is 13.7. The van der Waals surface area contributed by atoms with E-state index in [1.807, 2.05) is 0 Å². The van der Waals surface area contributed by atoms with Crippen LogP contribution in [0.2, 0.25) is 0 Å². The van der Waals surface area contributed by atoms with Crippen LogP contribution in [0.5, 0.6) is 5.75 Å². The average molecular weight is 264 g/mol. The fourth-order valence-electron chi connectivity index (χ4n) is 2.17. The van der Waals surface area contributed by atoms with E-state index in [2.05, 4.69) is 5.32 Å². The SMILES string of the molecule is COc1cc(N)cc(C(=O)NCC2(CCO)CC2)c1. The van der Waals surface area contributed by atoms with Crippen molar-refractivity contribution in [1.29, 1.82) is 0 Å². The summed E-state index contributed by atoms with van der Waals surface area (Å²) in [7, 11) is 1.54. The highest BCUT2D eigenvalue weighted by atomic mass is 16.5. The second kappa shape index (κ2) is 5.48. The highest BCUT2D eigenvalue weighted by molar-refractivity contribution is 5.95. The number of anilines is 1. The van der Waals surface area contributed by atoms with Gasteiger partial charge in [-0.15, -0.1) is 0 Å². The Morgan fingerprint density at radius 1 is 1.47 bits per heavy atom. The molecule has 1 aliphatic rings. The molecule has 0 unspecified atom stereocenters. The number of nitrogens with one attached hydrogen (secondary N) is 1. The molecular formula is C14H20N2O3. The lowest BCUT2D eigenvalue weighted by Gasteiger charge is -2.15. The summed E-state index contributed by atoms with van der Waals surface area (Å²) in [6.07, 6.45) is 2.87. The zero-order valence-corrected chi connectivity index (χ0v) is 11.1. The van der Waals surface area contributed by atoms with Crippen LogP contribution >= 0.6 is 0 Å². The van der Waals surface area contributed by atoms with Crippen LogP contribution in [0.1, 0.15) is 29.6 Å². The molecule has 5 heteroatoms. The quantitative estimate of drug-likeness (QED) is 0.673. The van der Waals surface area contributed by atoms with E-state index in [1.165, 1.54) is 7.11 Å². The molecule has 0 atom stereocenters. The van der Waals surface area contributed by atoms with E-state index in [0.29, 0.717) is 23.5 Å². The molecule has 0 heterocycles. The number of carbonyl (C=O) groups excluding carboxylic acids is 1. The van der Waals surface area contributed by atoms with E-state index in [9.17, 15) is 4.79 Å². The van der Waals surface area contributed by atoms with Gasteiger partial charge < -0.3 is 20.9 Å². The van der Waals surface area contributed by atoms with E-state index >= 15 is 0 Å². The summed E-state index contributed by atoms with van der Waals surface area (Å²) >= 11 is 0. The molecule has 5 nitrogen and oxygen atoms in total. The molecule has 104 valence electrons. The Morgan fingerprint density at radius 3 is 2.79 bits per heavy atom. The first-order valence-electron chi connectivity index (χ1n) is 6.42. The number of amides is 1. The lowest BCUT2D eigenvalue weighted by Crippen LogP contribution is -2.30. The minimum absolute atomic E-state index is 0.106. The first-order valence-corrected chi connectivity index (χ1v) is 6.42. The van der Waals surface area contributed by atoms with Gasteiger partial charge >= 0.3 is 0 Å². The molecule has 1 aliphatic carbocycles. The Kier molecular flexibility index (Phi) is 3.95. The van der Waals surface area contributed by atoms with Gasteiger partial charge in [0.2, 0.25) is 0 Å². The van der Waals surface area contributed by atoms with Crippen LogP contribution in [-0.4, -0.2) is 31.3 Å². The standard InChI is InChI=1S/C14H20N2O3/c1-19-12-7-10(6-11(15)8-12)13(18)16-9-14(2-3-14)4-5-17/h6-8,17H,2-5,9,15H2,1H3,(H,16,18). The number of hydrogen-bond donors (Lipinski definition) is 3. The highest BCUT2D eigenvalue weighted by Crippen LogP contribution is 2.47. The first-order chi connectivity index (χ1) is 9.08. The van der Waals surface area contributed by atoms with Crippen molar-refractivity contribution >= 4 is 11.6 Å². The number of nitrogens with two attached hydrogens (primary N) is 1. The maximum absolute atomic E-state index is 12.1. The zero-order valence-electron chi connectivity index (χ0n) is 11.1. The molecule has 1 aromatic rings. The van der Waals surface area contributed by atoms with Crippen molar-refractivity contribution in [3.8, 4) is 5.75 Å². The topological polar surface area (TPSA) is 84.6 Å². The summed E-state index contributed by atoms with van der Waals surface area (Å²) in [5.74, 6) is 0.413. The Morgan fingerprint density at radius 2 is 2.21 bits per heavy atom. The van der Waals surface area contributed by atoms with E-state index in [-0.39, 0.29) is 17.9 Å². The van der Waals surface area contributed by atoms with Crippen molar-refractivity contribution in [1.82, 2.24) is 5.32 Å². The van der Waals surface area contributed by atoms with Crippen LogP contribution in [0.3, 0.4) is 0 Å². The molecule has 2 rings (SSSR count). The molecule has 19 heavy (non-hydrogen) atoms. The van der Waals surface area contributed by atoms with Gasteiger partial charge in [0.15, 0.2) is 0 Å². The lowest BCUT2D eigenvalue weighted by atomic mass is 10.0. The minimum Gasteiger partial charge on any atom is -0.497 e. The number of ether oxygens (including phenoxy) is 1. The molecule has 1 amide bonds. The molecule has 0 spiro atoms. The summed E-state index contributed by atoms with van der Waals surface area (Å²) < 4.78 is 5.09. The summed E-state index contributed by atoms with van der Waals surface area (Å²) in [6, 6.07) is 4.96. The van der Waals surface area contributed by atoms with E-state index in [1.54, 1.807) is 18.2 Å². The fourth-order valence-corrected chi connectivity index (χ4v) is 2.17. The number of carbonyl (C=O) groups is 1. The van der Waals surface area contributed by atoms with E-state index in [0.717, 1.165) is 19.3 Å². The van der Waals surface area contributed by atoms with Gasteiger partial charge in [0.05, 0.1) is 7.11 Å². The second-order valence-electron chi connectivity index (χ2n) is 5.15. The predicted molar refractivity (Wildman–Crippen MR) is 73.1 cm³/mol. The van der Waals surface area contributed by atoms with Crippen LogP contribution in [0.25, 0.3) is 0 Å². The minimum atomic E-state index is -0.158. The van der Waals surface area contributed by atoms with Gasteiger partial charge in [-0.05, 0) is 36.8 Å². The summed E-state index contributed by atoms with van der Waals surface area (Å²) in [4.78, 5) is 12.1. The number of benzene rings is 1. The molecule has 0 radical (unpaired) electrons. The van der Waals surface area contributed by atoms with Gasteiger partial charge in [0, 0.05) is 30.5 Å². The number of nitrogen functional groups attached to an aromatic ring is 1. The van der Waals surface area contributed by atoms with Crippen molar-refractivity contribution in [3.05, 3.63) is 23.8 Å². The van der Waals surface area contributed by atoms with Gasteiger partial charge in [0.25, 0.3) is 5.91 Å². The van der Waals surface area contributed by atoms with Crippen LogP contribution < -0.4 is 15.8 Å². The number of aliphatic hydroxyl groups is 1. The average Bonchev–Trinajstić information content (AvgIpc) is 3.16. The summed E-state index contributed by atoms with van der Waals surface area (Å²) in [5, 5.41) is 11.9. The number of hydrogen-bond acceptors (Lipinski definition) is 4. The fraction of sp³-hybridized carbons (Fsp3) is 0.500. The maximum Gasteiger partial charge on any atom is 0.251 e. The third kappa shape index (κ3) is 3.38. The third-order valence-electron chi connectivity index (χ3n) is 3.65. The predicted octanol–water partition coefficient (Wildman–Crippen LogP) is 1.17. The molecule has 1 aromatic carbocycles. The van der Waals surface area contributed by atoms with Crippen molar-refractivity contribution in [2.75, 3.05) is 26.0 Å². The number of methoxy groups -OCH3 is 1. The summed E-state index contributed by atoms with van der Waals surface area (Å²) in [6.45, 7) is 0.769.